The molecule has 0 spiro atoms. The largest absolute Gasteiger partial charge is 0.352 e. The lowest BCUT2D eigenvalue weighted by Gasteiger charge is -2.40. The third-order valence-electron chi connectivity index (χ3n) is 12.1. The quantitative estimate of drug-likeness (QED) is 0.0632. The molecule has 0 bridgehead atoms. The number of rotatable bonds is 22. The molecule has 2 aromatic carbocycles. The van der Waals surface area contributed by atoms with Gasteiger partial charge in [-0.2, -0.15) is 0 Å². The minimum Gasteiger partial charge on any atom is -0.352 e. The third-order valence-corrected chi connectivity index (χ3v) is 13.5. The van der Waals surface area contributed by atoms with Gasteiger partial charge in [0.1, 0.15) is 12.1 Å². The van der Waals surface area contributed by atoms with Crippen LogP contribution in [0.25, 0.3) is 0 Å². The molecule has 0 heterocycles. The fourth-order valence-electron chi connectivity index (χ4n) is 7.67. The molecule has 1 aliphatic carbocycles. The van der Waals surface area contributed by atoms with Gasteiger partial charge in [0.25, 0.3) is 15.9 Å². The van der Waals surface area contributed by atoms with Gasteiger partial charge in [-0.25, -0.2) is 17.9 Å². The van der Waals surface area contributed by atoms with Crippen LogP contribution in [0, 0.1) is 17.3 Å². The van der Waals surface area contributed by atoms with Crippen LogP contribution in [0.15, 0.2) is 71.1 Å². The van der Waals surface area contributed by atoms with Gasteiger partial charge in [0, 0.05) is 24.6 Å². The molecule has 1 fully saturated rings. The van der Waals surface area contributed by atoms with Gasteiger partial charge in [0.15, 0.2) is 0 Å². The zero-order chi connectivity index (χ0) is 49.2. The lowest BCUT2D eigenvalue weighted by molar-refractivity contribution is -0.141. The summed E-state index contributed by atoms with van der Waals surface area (Å²) in [4.78, 5) is 80.7. The SMILES string of the molecule is CN[C@H](C(=O)NC(C(=O)N(C)[C@H](/C=C(\C)C(=O)NS(=O)(=O)c1ccc(C2(NC(=O)[C@H](CCCNC(N)=O)NC(=O)C(N)C(C)C)CC2)cc1)C(C)C)C(C)(C)C)C(C)(C)c1ccccc1. The van der Waals surface area contributed by atoms with E-state index in [9.17, 15) is 37.2 Å². The number of urea groups is 1. The van der Waals surface area contributed by atoms with Crippen molar-refractivity contribution in [1.29, 1.82) is 0 Å². The minimum atomic E-state index is -4.37. The zero-order valence-corrected chi connectivity index (χ0v) is 40.9. The van der Waals surface area contributed by atoms with Crippen LogP contribution in [0.5, 0.6) is 0 Å². The average molecular weight is 924 g/mol. The van der Waals surface area contributed by atoms with E-state index in [1.807, 2.05) is 78.8 Å². The van der Waals surface area contributed by atoms with Gasteiger partial charge in [0.05, 0.1) is 28.6 Å². The van der Waals surface area contributed by atoms with Crippen molar-refractivity contribution < 1.29 is 37.2 Å². The first-order valence-electron chi connectivity index (χ1n) is 22.2. The molecule has 360 valence electrons. The van der Waals surface area contributed by atoms with Crippen LogP contribution < -0.4 is 42.8 Å². The van der Waals surface area contributed by atoms with Crippen LogP contribution in [0.1, 0.15) is 106 Å². The Morgan fingerprint density at radius 3 is 1.91 bits per heavy atom. The highest BCUT2D eigenvalue weighted by Crippen LogP contribution is 2.45. The number of carbonyl (C=O) groups is 6. The lowest BCUT2D eigenvalue weighted by atomic mass is 9.76. The van der Waals surface area contributed by atoms with E-state index in [4.69, 9.17) is 11.5 Å². The van der Waals surface area contributed by atoms with Gasteiger partial charge >= 0.3 is 6.03 Å². The first kappa shape index (κ1) is 54.0. The molecule has 10 N–H and O–H groups in total. The van der Waals surface area contributed by atoms with E-state index in [2.05, 4.69) is 31.3 Å². The molecule has 3 rings (SSSR count). The molecule has 1 aliphatic rings. The maximum atomic E-state index is 14.3. The Balaban J connectivity index is 1.76. The van der Waals surface area contributed by atoms with E-state index in [0.29, 0.717) is 24.8 Å². The number of hydrogen-bond donors (Lipinski definition) is 8. The summed E-state index contributed by atoms with van der Waals surface area (Å²) in [6, 6.07) is 10.6. The predicted molar refractivity (Wildman–Crippen MR) is 251 cm³/mol. The number of likely N-dealkylation sites (N-methyl/N-ethyl adjacent to an activating group) is 2. The molecule has 0 aliphatic heterocycles. The number of carbonyl (C=O) groups excluding carboxylic acids is 6. The number of nitrogens with zero attached hydrogens (tertiary/aromatic N) is 1. The average Bonchev–Trinajstić information content (AvgIpc) is 4.01. The Bertz CT molecular complexity index is 2150. The number of sulfonamides is 1. The molecular formula is C47H73N9O8S. The summed E-state index contributed by atoms with van der Waals surface area (Å²) >= 11 is 0. The maximum Gasteiger partial charge on any atom is 0.312 e. The number of benzene rings is 2. The molecule has 5 atom stereocenters. The molecule has 0 radical (unpaired) electrons. The van der Waals surface area contributed by atoms with Crippen LogP contribution in [-0.4, -0.2) is 99.7 Å². The van der Waals surface area contributed by atoms with Gasteiger partial charge in [-0.15, -0.1) is 0 Å². The zero-order valence-electron chi connectivity index (χ0n) is 40.1. The van der Waals surface area contributed by atoms with Gasteiger partial charge < -0.3 is 43.0 Å². The number of nitrogens with two attached hydrogens (primary N) is 2. The third kappa shape index (κ3) is 14.3. The topological polar surface area (TPSA) is 264 Å². The molecule has 2 unspecified atom stereocenters. The highest BCUT2D eigenvalue weighted by Gasteiger charge is 2.47. The van der Waals surface area contributed by atoms with E-state index < -0.39 is 80.4 Å². The smallest absolute Gasteiger partial charge is 0.312 e. The second kappa shape index (κ2) is 22.2. The summed E-state index contributed by atoms with van der Waals surface area (Å²) in [7, 11) is -1.07. The maximum absolute atomic E-state index is 14.3. The van der Waals surface area contributed by atoms with Crippen molar-refractivity contribution in [2.75, 3.05) is 20.6 Å². The van der Waals surface area contributed by atoms with Crippen molar-refractivity contribution in [1.82, 2.24) is 36.2 Å². The first-order valence-corrected chi connectivity index (χ1v) is 23.6. The fourth-order valence-corrected chi connectivity index (χ4v) is 8.69. The molecular weight excluding hydrogens is 851 g/mol. The Labute approximate surface area is 385 Å². The number of amides is 7. The van der Waals surface area contributed by atoms with Crippen LogP contribution in [-0.2, 0) is 44.9 Å². The van der Waals surface area contributed by atoms with Gasteiger partial charge in [0.2, 0.25) is 23.6 Å². The van der Waals surface area contributed by atoms with Crippen LogP contribution >= 0.6 is 0 Å². The number of hydrogen-bond acceptors (Lipinski definition) is 10. The standard InChI is InChI=1S/C47H73N9O8S/c1-28(2)35(56(12)43(61)38(45(6,7)8)53-42(60)37(50-11)46(9,10)31-17-14-13-15-18-31)27-30(5)39(57)55-65(63,64)33-22-20-32(21-23-33)47(24-25-47)54-40(58)34(19-16-26-51-44(49)62)52-41(59)36(48)29(3)4/h13-15,17-18,20-23,27-29,34-38,50H,16,19,24-26,48H2,1-12H3,(H,52,59)(H,53,60)(H,54,58)(H,55,57)(H3,49,51,62)/b30-27+/t34-,35+,36?,37+,38?/m0/s1. The number of primary amides is 1. The number of nitrogens with one attached hydrogen (secondary N) is 6. The lowest BCUT2D eigenvalue weighted by Crippen LogP contribution is -2.61. The van der Waals surface area contributed by atoms with Crippen molar-refractivity contribution in [2.24, 2.45) is 28.7 Å². The van der Waals surface area contributed by atoms with Crippen molar-refractivity contribution in [3.8, 4) is 0 Å². The molecule has 1 saturated carbocycles. The second-order valence-corrected chi connectivity index (χ2v) is 21.1. The molecule has 2 aromatic rings. The van der Waals surface area contributed by atoms with Crippen molar-refractivity contribution in [3.63, 3.8) is 0 Å². The van der Waals surface area contributed by atoms with Gasteiger partial charge in [-0.05, 0) is 80.2 Å². The predicted octanol–water partition coefficient (Wildman–Crippen LogP) is 3.04. The Kier molecular flexibility index (Phi) is 18.5. The normalized spacial score (nSPS) is 16.3. The van der Waals surface area contributed by atoms with E-state index in [-0.39, 0.29) is 47.1 Å². The summed E-state index contributed by atoms with van der Waals surface area (Å²) in [6.07, 6.45) is 3.19. The molecule has 0 saturated heterocycles. The highest BCUT2D eigenvalue weighted by molar-refractivity contribution is 7.90. The van der Waals surface area contributed by atoms with Crippen LogP contribution in [0.3, 0.4) is 0 Å². The van der Waals surface area contributed by atoms with Crippen LogP contribution in [0.2, 0.25) is 0 Å². The van der Waals surface area contributed by atoms with Crippen molar-refractivity contribution in [2.45, 2.75) is 141 Å². The van der Waals surface area contributed by atoms with Crippen molar-refractivity contribution >= 4 is 45.6 Å². The molecule has 65 heavy (non-hydrogen) atoms. The molecule has 18 heteroatoms. The summed E-state index contributed by atoms with van der Waals surface area (Å²) in [5.74, 6) is -2.97. The minimum absolute atomic E-state index is 0.0563. The van der Waals surface area contributed by atoms with Crippen LogP contribution in [0.4, 0.5) is 4.79 Å². The first-order chi connectivity index (χ1) is 30.1. The van der Waals surface area contributed by atoms with E-state index in [1.165, 1.54) is 24.0 Å². The molecule has 0 aromatic heterocycles. The van der Waals surface area contributed by atoms with E-state index in [1.54, 1.807) is 46.2 Å². The molecule has 17 nitrogen and oxygen atoms in total. The molecule has 7 amide bonds. The summed E-state index contributed by atoms with van der Waals surface area (Å²) in [5.41, 5.74) is 10.7. The van der Waals surface area contributed by atoms with E-state index in [0.717, 1.165) is 5.56 Å². The van der Waals surface area contributed by atoms with Gasteiger partial charge in [-0.1, -0.05) is 111 Å². The summed E-state index contributed by atoms with van der Waals surface area (Å²) in [5, 5.41) is 14.4. The Morgan fingerprint density at radius 2 is 1.42 bits per heavy atom. The van der Waals surface area contributed by atoms with Crippen molar-refractivity contribution in [3.05, 3.63) is 77.4 Å². The summed E-state index contributed by atoms with van der Waals surface area (Å²) < 4.78 is 29.2. The monoisotopic (exact) mass is 924 g/mol. The Hall–Kier alpha value is -5.33. The fraction of sp³-hybridized carbons (Fsp3) is 0.574. The highest BCUT2D eigenvalue weighted by atomic mass is 32.2. The van der Waals surface area contributed by atoms with Gasteiger partial charge in [-0.3, -0.25) is 24.0 Å². The Morgan fingerprint density at radius 1 is 0.831 bits per heavy atom. The second-order valence-electron chi connectivity index (χ2n) is 19.4. The summed E-state index contributed by atoms with van der Waals surface area (Å²) in [6.45, 7) is 18.5. The van der Waals surface area contributed by atoms with E-state index >= 15 is 0 Å².